The van der Waals surface area contributed by atoms with E-state index in [0.29, 0.717) is 0 Å². The summed E-state index contributed by atoms with van der Waals surface area (Å²) in [6.45, 7) is 0. The van der Waals surface area contributed by atoms with Crippen molar-refractivity contribution in [2.75, 3.05) is 0 Å². The molecule has 0 atom stereocenters. The highest BCUT2D eigenvalue weighted by Gasteiger charge is 2.09. The van der Waals surface area contributed by atoms with Crippen LogP contribution in [-0.2, 0) is 6.42 Å². The Morgan fingerprint density at radius 2 is 1.63 bits per heavy atom. The molecule has 0 radical (unpaired) electrons. The van der Waals surface area contributed by atoms with Crippen LogP contribution in [0.5, 0.6) is 0 Å². The summed E-state index contributed by atoms with van der Waals surface area (Å²) in [6, 6.07) is 10.8. The number of hydrogen-bond donors (Lipinski definition) is 2. The van der Waals surface area contributed by atoms with Gasteiger partial charge in [0, 0.05) is 11.1 Å². The van der Waals surface area contributed by atoms with Crippen LogP contribution >= 0.6 is 11.9 Å². The lowest BCUT2D eigenvalue weighted by atomic mass is 10.1. The topological polar surface area (TPSA) is 41.3 Å². The molecule has 0 spiro atoms. The SMILES string of the molecule is NN1NC=C(CCCCCCCc2ccccc2)S1. The van der Waals surface area contributed by atoms with Crippen LogP contribution in [0.25, 0.3) is 0 Å². The normalized spacial score (nSPS) is 15.3. The van der Waals surface area contributed by atoms with Gasteiger partial charge in [-0.25, -0.2) is 5.84 Å². The number of unbranched alkanes of at least 4 members (excludes halogenated alkanes) is 4. The highest BCUT2D eigenvalue weighted by Crippen LogP contribution is 2.26. The van der Waals surface area contributed by atoms with Gasteiger partial charge in [0.15, 0.2) is 0 Å². The van der Waals surface area contributed by atoms with Crippen LogP contribution in [0.1, 0.15) is 44.1 Å². The lowest BCUT2D eigenvalue weighted by Gasteiger charge is -2.05. The molecule has 0 unspecified atom stereocenters. The molecule has 1 aliphatic heterocycles. The summed E-state index contributed by atoms with van der Waals surface area (Å²) in [5.41, 5.74) is 4.42. The van der Waals surface area contributed by atoms with Gasteiger partial charge in [-0.3, -0.25) is 0 Å². The highest BCUT2D eigenvalue weighted by atomic mass is 32.2. The van der Waals surface area contributed by atoms with Gasteiger partial charge in [-0.05, 0) is 43.2 Å². The van der Waals surface area contributed by atoms with Gasteiger partial charge in [0.25, 0.3) is 0 Å². The first-order valence-electron chi connectivity index (χ1n) is 7.06. The lowest BCUT2D eigenvalue weighted by molar-refractivity contribution is 0.440. The monoisotopic (exact) mass is 277 g/mol. The largest absolute Gasteiger partial charge is 0.302 e. The van der Waals surface area contributed by atoms with Crippen molar-refractivity contribution < 1.29 is 0 Å². The van der Waals surface area contributed by atoms with Crippen molar-refractivity contribution in [1.29, 1.82) is 0 Å². The number of nitrogens with zero attached hydrogens (tertiary/aromatic N) is 1. The van der Waals surface area contributed by atoms with Gasteiger partial charge in [0.2, 0.25) is 0 Å². The van der Waals surface area contributed by atoms with E-state index in [1.165, 1.54) is 49.0 Å². The molecular formula is C15H23N3S. The summed E-state index contributed by atoms with van der Waals surface area (Å²) in [6.07, 6.45) is 10.9. The Morgan fingerprint density at radius 1 is 0.947 bits per heavy atom. The second kappa shape index (κ2) is 8.25. The maximum absolute atomic E-state index is 5.58. The van der Waals surface area contributed by atoms with Crippen molar-refractivity contribution in [3.05, 3.63) is 47.0 Å². The van der Waals surface area contributed by atoms with E-state index >= 15 is 0 Å². The molecule has 0 saturated carbocycles. The Morgan fingerprint density at radius 3 is 2.32 bits per heavy atom. The third-order valence-electron chi connectivity index (χ3n) is 3.30. The number of hydrazine groups is 2. The van der Waals surface area contributed by atoms with Crippen LogP contribution in [0.3, 0.4) is 0 Å². The minimum atomic E-state index is 1.14. The number of hydrogen-bond acceptors (Lipinski definition) is 4. The van der Waals surface area contributed by atoms with Crippen molar-refractivity contribution in [3.63, 3.8) is 0 Å². The van der Waals surface area contributed by atoms with Gasteiger partial charge in [-0.2, -0.15) is 0 Å². The predicted octanol–water partition coefficient (Wildman–Crippen LogP) is 3.75. The Labute approximate surface area is 120 Å². The van der Waals surface area contributed by atoms with Crippen molar-refractivity contribution in [2.24, 2.45) is 5.84 Å². The molecule has 0 aliphatic carbocycles. The molecule has 19 heavy (non-hydrogen) atoms. The van der Waals surface area contributed by atoms with E-state index in [4.69, 9.17) is 5.84 Å². The van der Waals surface area contributed by atoms with Crippen LogP contribution in [-0.4, -0.2) is 4.52 Å². The Hall–Kier alpha value is -0.970. The van der Waals surface area contributed by atoms with Crippen LogP contribution in [0, 0.1) is 0 Å². The van der Waals surface area contributed by atoms with Gasteiger partial charge >= 0.3 is 0 Å². The quantitative estimate of drug-likeness (QED) is 0.431. The minimum Gasteiger partial charge on any atom is -0.302 e. The van der Waals surface area contributed by atoms with Gasteiger partial charge in [0.1, 0.15) is 0 Å². The fourth-order valence-corrected chi connectivity index (χ4v) is 2.93. The van der Waals surface area contributed by atoms with Gasteiger partial charge < -0.3 is 5.43 Å². The molecule has 0 amide bonds. The van der Waals surface area contributed by atoms with Crippen molar-refractivity contribution in [2.45, 2.75) is 44.9 Å². The zero-order valence-corrected chi connectivity index (χ0v) is 12.2. The minimum absolute atomic E-state index is 1.14. The van der Waals surface area contributed by atoms with E-state index in [1.54, 1.807) is 16.5 Å². The fourth-order valence-electron chi connectivity index (χ4n) is 2.24. The molecule has 2 rings (SSSR count). The molecule has 3 N–H and O–H groups in total. The smallest absolute Gasteiger partial charge is 0.0260 e. The molecule has 104 valence electrons. The van der Waals surface area contributed by atoms with Crippen molar-refractivity contribution in [3.8, 4) is 0 Å². The van der Waals surface area contributed by atoms with E-state index < -0.39 is 0 Å². The number of nitrogens with one attached hydrogen (secondary N) is 1. The standard InChI is InChI=1S/C15H23N3S/c16-18-17-13-15(19-18)12-8-3-1-2-5-9-14-10-6-4-7-11-14/h4,6-7,10-11,13,17H,1-3,5,8-9,12,16H2. The highest BCUT2D eigenvalue weighted by molar-refractivity contribution is 8.00. The van der Waals surface area contributed by atoms with Crippen LogP contribution in [0.15, 0.2) is 41.4 Å². The van der Waals surface area contributed by atoms with Crippen molar-refractivity contribution in [1.82, 2.24) is 9.95 Å². The lowest BCUT2D eigenvalue weighted by Crippen LogP contribution is -2.30. The number of rotatable bonds is 8. The Kier molecular flexibility index (Phi) is 6.27. The third-order valence-corrected chi connectivity index (χ3v) is 4.16. The molecule has 1 aromatic carbocycles. The summed E-state index contributed by atoms with van der Waals surface area (Å²) in [7, 11) is 0. The average molecular weight is 277 g/mol. The molecule has 0 bridgehead atoms. The van der Waals surface area contributed by atoms with Gasteiger partial charge in [-0.15, -0.1) is 0 Å². The molecule has 1 heterocycles. The third kappa shape index (κ3) is 5.68. The van der Waals surface area contributed by atoms with E-state index in [9.17, 15) is 0 Å². The first kappa shape index (κ1) is 14.4. The zero-order valence-electron chi connectivity index (χ0n) is 11.3. The Balaban J connectivity index is 1.44. The number of benzene rings is 1. The summed E-state index contributed by atoms with van der Waals surface area (Å²) < 4.78 is 1.55. The molecule has 1 aliphatic rings. The van der Waals surface area contributed by atoms with E-state index in [2.05, 4.69) is 35.8 Å². The Bertz CT molecular complexity index is 392. The molecule has 3 nitrogen and oxygen atoms in total. The molecule has 1 aromatic rings. The number of allylic oxidation sites excluding steroid dienone is 1. The number of aryl methyl sites for hydroxylation is 1. The van der Waals surface area contributed by atoms with Crippen LogP contribution in [0.2, 0.25) is 0 Å². The maximum Gasteiger partial charge on any atom is 0.0260 e. The summed E-state index contributed by atoms with van der Waals surface area (Å²) in [4.78, 5) is 1.34. The molecule has 4 heteroatoms. The molecule has 0 saturated heterocycles. The van der Waals surface area contributed by atoms with E-state index in [0.717, 1.165) is 6.42 Å². The number of nitrogens with two attached hydrogens (primary N) is 1. The summed E-state index contributed by atoms with van der Waals surface area (Å²) in [5, 5.41) is 0. The maximum atomic E-state index is 5.58. The molecular weight excluding hydrogens is 254 g/mol. The first-order chi connectivity index (χ1) is 9.34. The van der Waals surface area contributed by atoms with Crippen LogP contribution < -0.4 is 11.3 Å². The first-order valence-corrected chi connectivity index (χ1v) is 7.84. The summed E-state index contributed by atoms with van der Waals surface area (Å²) >= 11 is 1.59. The van der Waals surface area contributed by atoms with Gasteiger partial charge in [0.05, 0.1) is 0 Å². The molecule has 0 fully saturated rings. The second-order valence-electron chi connectivity index (χ2n) is 4.91. The predicted molar refractivity (Wildman–Crippen MR) is 82.7 cm³/mol. The van der Waals surface area contributed by atoms with E-state index in [1.807, 2.05) is 6.20 Å². The van der Waals surface area contributed by atoms with E-state index in [-0.39, 0.29) is 0 Å². The second-order valence-corrected chi connectivity index (χ2v) is 6.01. The molecule has 0 aromatic heterocycles. The average Bonchev–Trinajstić information content (AvgIpc) is 2.85. The van der Waals surface area contributed by atoms with Crippen LogP contribution in [0.4, 0.5) is 0 Å². The van der Waals surface area contributed by atoms with Crippen molar-refractivity contribution >= 4 is 11.9 Å². The fraction of sp³-hybridized carbons (Fsp3) is 0.467. The van der Waals surface area contributed by atoms with Gasteiger partial charge in [-0.1, -0.05) is 54.1 Å². The summed E-state index contributed by atoms with van der Waals surface area (Å²) in [5.74, 6) is 5.58. The zero-order chi connectivity index (χ0) is 13.3.